The standard InChI is InChI=1S/C21H44/c1-9-11-12-13-14-15-16-20(10-2)21(17(3)4,18(5)6)19(7)8/h17-20H,9-16H2,1-8H3. The summed E-state index contributed by atoms with van der Waals surface area (Å²) < 4.78 is 0. The molecule has 0 rings (SSSR count). The van der Waals surface area contributed by atoms with Crippen molar-refractivity contribution in [1.82, 2.24) is 0 Å². The fourth-order valence-corrected chi connectivity index (χ4v) is 5.39. The minimum Gasteiger partial charge on any atom is -0.0654 e. The molecule has 0 saturated heterocycles. The minimum absolute atomic E-state index is 0.512. The Morgan fingerprint density at radius 1 is 0.619 bits per heavy atom. The van der Waals surface area contributed by atoms with Crippen LogP contribution in [0.1, 0.15) is 107 Å². The van der Waals surface area contributed by atoms with E-state index in [0.717, 1.165) is 23.7 Å². The summed E-state index contributed by atoms with van der Waals surface area (Å²) in [5, 5.41) is 0. The first-order valence-corrected chi connectivity index (χ1v) is 9.85. The van der Waals surface area contributed by atoms with E-state index in [-0.39, 0.29) is 0 Å². The number of unbranched alkanes of at least 4 members (excludes halogenated alkanes) is 5. The summed E-state index contributed by atoms with van der Waals surface area (Å²) in [6, 6.07) is 0. The topological polar surface area (TPSA) is 0 Å². The molecule has 1 atom stereocenters. The van der Waals surface area contributed by atoms with Crippen molar-refractivity contribution in [2.75, 3.05) is 0 Å². The smallest absolute Gasteiger partial charge is 0.0200 e. The molecular formula is C21H44. The molecule has 0 heterocycles. The molecule has 0 nitrogen and oxygen atoms in total. The van der Waals surface area contributed by atoms with E-state index in [1.54, 1.807) is 0 Å². The van der Waals surface area contributed by atoms with Gasteiger partial charge in [-0.05, 0) is 35.5 Å². The largest absolute Gasteiger partial charge is 0.0654 e. The zero-order valence-corrected chi connectivity index (χ0v) is 16.5. The van der Waals surface area contributed by atoms with Crippen molar-refractivity contribution in [3.05, 3.63) is 0 Å². The number of hydrogen-bond acceptors (Lipinski definition) is 0. The van der Waals surface area contributed by atoms with E-state index in [4.69, 9.17) is 0 Å². The van der Waals surface area contributed by atoms with Crippen LogP contribution in [0.25, 0.3) is 0 Å². The van der Waals surface area contributed by atoms with Gasteiger partial charge in [0, 0.05) is 0 Å². The van der Waals surface area contributed by atoms with Gasteiger partial charge in [-0.15, -0.1) is 0 Å². The van der Waals surface area contributed by atoms with Crippen molar-refractivity contribution in [2.45, 2.75) is 107 Å². The van der Waals surface area contributed by atoms with Crippen LogP contribution in [-0.4, -0.2) is 0 Å². The van der Waals surface area contributed by atoms with Gasteiger partial charge in [0.15, 0.2) is 0 Å². The summed E-state index contributed by atoms with van der Waals surface area (Å²) in [6.45, 7) is 19.5. The Bertz CT molecular complexity index is 215. The van der Waals surface area contributed by atoms with Gasteiger partial charge in [-0.2, -0.15) is 0 Å². The second-order valence-corrected chi connectivity index (χ2v) is 8.13. The van der Waals surface area contributed by atoms with Gasteiger partial charge in [-0.25, -0.2) is 0 Å². The molecule has 0 aliphatic heterocycles. The molecule has 0 fully saturated rings. The third kappa shape index (κ3) is 5.61. The third-order valence-corrected chi connectivity index (χ3v) is 6.11. The van der Waals surface area contributed by atoms with Crippen LogP contribution in [0, 0.1) is 29.1 Å². The van der Waals surface area contributed by atoms with Crippen molar-refractivity contribution in [2.24, 2.45) is 29.1 Å². The summed E-state index contributed by atoms with van der Waals surface area (Å²) >= 11 is 0. The van der Waals surface area contributed by atoms with Gasteiger partial charge in [0.05, 0.1) is 0 Å². The van der Waals surface area contributed by atoms with E-state index in [9.17, 15) is 0 Å². The predicted molar refractivity (Wildman–Crippen MR) is 98.7 cm³/mol. The van der Waals surface area contributed by atoms with Gasteiger partial charge < -0.3 is 0 Å². The molecule has 0 aromatic carbocycles. The summed E-state index contributed by atoms with van der Waals surface area (Å²) in [5.74, 6) is 3.23. The SMILES string of the molecule is CCCCCCCCC(CC)C(C(C)C)(C(C)C)C(C)C. The van der Waals surface area contributed by atoms with E-state index in [1.807, 2.05) is 0 Å². The van der Waals surface area contributed by atoms with E-state index in [2.05, 4.69) is 55.4 Å². The van der Waals surface area contributed by atoms with E-state index in [0.29, 0.717) is 5.41 Å². The van der Waals surface area contributed by atoms with Crippen molar-refractivity contribution in [3.63, 3.8) is 0 Å². The molecule has 0 aliphatic rings. The highest BCUT2D eigenvalue weighted by Gasteiger charge is 2.45. The molecule has 0 radical (unpaired) electrons. The molecule has 0 heteroatoms. The quantitative estimate of drug-likeness (QED) is 0.323. The molecule has 21 heavy (non-hydrogen) atoms. The van der Waals surface area contributed by atoms with Gasteiger partial charge in [-0.3, -0.25) is 0 Å². The minimum atomic E-state index is 0.512. The maximum absolute atomic E-state index is 2.46. The normalized spacial score (nSPS) is 14.4. The second kappa shape index (κ2) is 10.7. The third-order valence-electron chi connectivity index (χ3n) is 6.11. The van der Waals surface area contributed by atoms with Gasteiger partial charge in [0.25, 0.3) is 0 Å². The Morgan fingerprint density at radius 3 is 1.43 bits per heavy atom. The van der Waals surface area contributed by atoms with Crippen LogP contribution in [-0.2, 0) is 0 Å². The molecule has 0 aromatic heterocycles. The van der Waals surface area contributed by atoms with E-state index >= 15 is 0 Å². The Kier molecular flexibility index (Phi) is 10.7. The first-order chi connectivity index (χ1) is 9.85. The zero-order chi connectivity index (χ0) is 16.5. The molecule has 128 valence electrons. The van der Waals surface area contributed by atoms with Crippen LogP contribution in [0.4, 0.5) is 0 Å². The summed E-state index contributed by atoms with van der Waals surface area (Å²) in [7, 11) is 0. The van der Waals surface area contributed by atoms with Crippen molar-refractivity contribution in [1.29, 1.82) is 0 Å². The Balaban J connectivity index is 4.69. The second-order valence-electron chi connectivity index (χ2n) is 8.13. The fraction of sp³-hybridized carbons (Fsp3) is 1.00. The number of hydrogen-bond donors (Lipinski definition) is 0. The van der Waals surface area contributed by atoms with E-state index in [1.165, 1.54) is 51.4 Å². The van der Waals surface area contributed by atoms with Gasteiger partial charge in [-0.1, -0.05) is 100 Å². The van der Waals surface area contributed by atoms with Gasteiger partial charge in [0.1, 0.15) is 0 Å². The van der Waals surface area contributed by atoms with Gasteiger partial charge in [0.2, 0.25) is 0 Å². The Hall–Kier alpha value is 0. The maximum Gasteiger partial charge on any atom is -0.0200 e. The molecule has 0 aromatic rings. The fourth-order valence-electron chi connectivity index (χ4n) is 5.39. The van der Waals surface area contributed by atoms with Crippen LogP contribution in [0.15, 0.2) is 0 Å². The lowest BCUT2D eigenvalue weighted by atomic mass is 9.54. The van der Waals surface area contributed by atoms with Crippen LogP contribution in [0.2, 0.25) is 0 Å². The molecule has 0 N–H and O–H groups in total. The maximum atomic E-state index is 2.46. The lowest BCUT2D eigenvalue weighted by Crippen LogP contribution is -2.45. The average Bonchev–Trinajstić information content (AvgIpc) is 2.39. The Labute approximate surface area is 136 Å². The van der Waals surface area contributed by atoms with Crippen molar-refractivity contribution >= 4 is 0 Å². The average molecular weight is 297 g/mol. The lowest BCUT2D eigenvalue weighted by molar-refractivity contribution is -0.0265. The highest BCUT2D eigenvalue weighted by Crippen LogP contribution is 2.51. The van der Waals surface area contributed by atoms with Crippen LogP contribution in [0.5, 0.6) is 0 Å². The summed E-state index contributed by atoms with van der Waals surface area (Å²) in [4.78, 5) is 0. The van der Waals surface area contributed by atoms with Crippen LogP contribution < -0.4 is 0 Å². The zero-order valence-electron chi connectivity index (χ0n) is 16.5. The highest BCUT2D eigenvalue weighted by atomic mass is 14.5. The molecule has 0 spiro atoms. The van der Waals surface area contributed by atoms with Gasteiger partial charge >= 0.3 is 0 Å². The molecule has 1 unspecified atom stereocenters. The molecule has 0 aliphatic carbocycles. The van der Waals surface area contributed by atoms with Crippen molar-refractivity contribution in [3.8, 4) is 0 Å². The monoisotopic (exact) mass is 296 g/mol. The van der Waals surface area contributed by atoms with Crippen molar-refractivity contribution < 1.29 is 0 Å². The molecule has 0 saturated carbocycles. The highest BCUT2D eigenvalue weighted by molar-refractivity contribution is 4.93. The predicted octanol–water partition coefficient (Wildman–Crippen LogP) is 7.72. The lowest BCUT2D eigenvalue weighted by Gasteiger charge is -2.51. The molecular weight excluding hydrogens is 252 g/mol. The van der Waals surface area contributed by atoms with E-state index < -0.39 is 0 Å². The first kappa shape index (κ1) is 21.0. The molecule has 0 bridgehead atoms. The Morgan fingerprint density at radius 2 is 1.05 bits per heavy atom. The van der Waals surface area contributed by atoms with Crippen LogP contribution >= 0.6 is 0 Å². The molecule has 0 amide bonds. The van der Waals surface area contributed by atoms with Crippen LogP contribution in [0.3, 0.4) is 0 Å². The first-order valence-electron chi connectivity index (χ1n) is 9.85. The summed E-state index contributed by atoms with van der Waals surface area (Å²) in [5.41, 5.74) is 0.512. The summed E-state index contributed by atoms with van der Waals surface area (Å²) in [6.07, 6.45) is 11.3. The number of rotatable bonds is 12.